The molecule has 0 saturated heterocycles. The van der Waals surface area contributed by atoms with Gasteiger partial charge in [0.05, 0.1) is 5.69 Å². The largest absolute Gasteiger partial charge is 0.476 e. The van der Waals surface area contributed by atoms with Crippen molar-refractivity contribution in [3.05, 3.63) is 65.2 Å². The third kappa shape index (κ3) is 6.34. The van der Waals surface area contributed by atoms with Crippen LogP contribution in [0.3, 0.4) is 0 Å². The van der Waals surface area contributed by atoms with Gasteiger partial charge in [-0.25, -0.2) is 4.68 Å². The van der Waals surface area contributed by atoms with E-state index < -0.39 is 0 Å². The first-order chi connectivity index (χ1) is 14.4. The molecule has 0 fully saturated rings. The Morgan fingerprint density at radius 1 is 1.10 bits per heavy atom. The van der Waals surface area contributed by atoms with E-state index in [9.17, 15) is 4.79 Å². The van der Waals surface area contributed by atoms with E-state index >= 15 is 0 Å². The standard InChI is InChI=1S/C23H26ClN3O3/c1-17(28)30-21-10-6-19(7-11-21)22-16-23(27(3)25-22)29-15-14-26(2)13-12-18-4-8-20(24)9-5-18/h4-11,16H,12-15H2,1-3H3. The monoisotopic (exact) mass is 427 g/mol. The predicted molar refractivity (Wildman–Crippen MR) is 118 cm³/mol. The van der Waals surface area contributed by atoms with Gasteiger partial charge in [0.25, 0.3) is 0 Å². The summed E-state index contributed by atoms with van der Waals surface area (Å²) in [5.41, 5.74) is 3.00. The number of hydrogen-bond donors (Lipinski definition) is 0. The van der Waals surface area contributed by atoms with E-state index in [0.29, 0.717) is 18.2 Å². The van der Waals surface area contributed by atoms with E-state index in [1.165, 1.54) is 12.5 Å². The summed E-state index contributed by atoms with van der Waals surface area (Å²) in [7, 11) is 3.94. The molecule has 0 unspecified atom stereocenters. The highest BCUT2D eigenvalue weighted by atomic mass is 35.5. The van der Waals surface area contributed by atoms with Crippen LogP contribution in [0.15, 0.2) is 54.6 Å². The maximum Gasteiger partial charge on any atom is 0.308 e. The first-order valence-corrected chi connectivity index (χ1v) is 10.2. The summed E-state index contributed by atoms with van der Waals surface area (Å²) in [6.07, 6.45) is 0.965. The molecule has 0 aliphatic rings. The zero-order valence-electron chi connectivity index (χ0n) is 17.5. The van der Waals surface area contributed by atoms with Gasteiger partial charge in [-0.1, -0.05) is 23.7 Å². The molecule has 0 radical (unpaired) electrons. The molecule has 6 nitrogen and oxygen atoms in total. The van der Waals surface area contributed by atoms with Gasteiger partial charge in [-0.05, 0) is 55.4 Å². The molecule has 0 amide bonds. The number of nitrogens with zero attached hydrogens (tertiary/aromatic N) is 3. The van der Waals surface area contributed by atoms with Gasteiger partial charge in [0.2, 0.25) is 5.88 Å². The molecule has 0 spiro atoms. The minimum Gasteiger partial charge on any atom is -0.476 e. The Labute approximate surface area is 182 Å². The lowest BCUT2D eigenvalue weighted by atomic mass is 10.1. The maximum atomic E-state index is 11.0. The van der Waals surface area contributed by atoms with Crippen molar-refractivity contribution in [2.24, 2.45) is 7.05 Å². The highest BCUT2D eigenvalue weighted by Gasteiger charge is 2.10. The third-order valence-corrected chi connectivity index (χ3v) is 4.92. The van der Waals surface area contributed by atoms with E-state index in [0.717, 1.165) is 35.8 Å². The number of esters is 1. The molecule has 0 bridgehead atoms. The fraction of sp³-hybridized carbons (Fsp3) is 0.304. The van der Waals surface area contributed by atoms with Gasteiger partial charge in [0, 0.05) is 43.7 Å². The van der Waals surface area contributed by atoms with Gasteiger partial charge in [-0.3, -0.25) is 4.79 Å². The van der Waals surface area contributed by atoms with Crippen LogP contribution in [0.5, 0.6) is 11.6 Å². The van der Waals surface area contributed by atoms with E-state index in [1.807, 2.05) is 37.4 Å². The first kappa shape index (κ1) is 21.9. The van der Waals surface area contributed by atoms with Crippen molar-refractivity contribution in [2.45, 2.75) is 13.3 Å². The molecule has 0 aliphatic carbocycles. The molecule has 0 saturated carbocycles. The van der Waals surface area contributed by atoms with Gasteiger partial charge in [-0.15, -0.1) is 0 Å². The summed E-state index contributed by atoms with van der Waals surface area (Å²) in [4.78, 5) is 13.3. The average Bonchev–Trinajstić information content (AvgIpc) is 3.08. The van der Waals surface area contributed by atoms with Crippen LogP contribution in [-0.2, 0) is 18.3 Å². The quantitative estimate of drug-likeness (QED) is 0.378. The fourth-order valence-corrected chi connectivity index (χ4v) is 3.10. The van der Waals surface area contributed by atoms with Crippen LogP contribution < -0.4 is 9.47 Å². The van der Waals surface area contributed by atoms with Crippen molar-refractivity contribution in [3.8, 4) is 22.9 Å². The Morgan fingerprint density at radius 2 is 1.80 bits per heavy atom. The second-order valence-corrected chi connectivity index (χ2v) is 7.57. The summed E-state index contributed by atoms with van der Waals surface area (Å²) < 4.78 is 12.7. The molecule has 0 N–H and O–H groups in total. The fourth-order valence-electron chi connectivity index (χ4n) is 2.97. The number of likely N-dealkylation sites (N-methyl/N-ethyl adjacent to an activating group) is 1. The van der Waals surface area contributed by atoms with E-state index in [-0.39, 0.29) is 5.97 Å². The minimum absolute atomic E-state index is 0.339. The highest BCUT2D eigenvalue weighted by molar-refractivity contribution is 6.30. The van der Waals surface area contributed by atoms with Crippen LogP contribution in [-0.4, -0.2) is 47.4 Å². The maximum absolute atomic E-state index is 11.0. The van der Waals surface area contributed by atoms with Gasteiger partial charge in [0.15, 0.2) is 0 Å². The van der Waals surface area contributed by atoms with Crippen molar-refractivity contribution in [3.63, 3.8) is 0 Å². The molecular weight excluding hydrogens is 402 g/mol. The molecule has 1 heterocycles. The molecule has 3 rings (SSSR count). The number of ether oxygens (including phenoxy) is 2. The lowest BCUT2D eigenvalue weighted by Crippen LogP contribution is -2.26. The van der Waals surface area contributed by atoms with Crippen molar-refractivity contribution in [1.29, 1.82) is 0 Å². The van der Waals surface area contributed by atoms with Gasteiger partial charge in [-0.2, -0.15) is 5.10 Å². The summed E-state index contributed by atoms with van der Waals surface area (Å²) in [6.45, 7) is 3.70. The lowest BCUT2D eigenvalue weighted by Gasteiger charge is -2.16. The van der Waals surface area contributed by atoms with Crippen LogP contribution >= 0.6 is 11.6 Å². The number of rotatable bonds is 9. The van der Waals surface area contributed by atoms with E-state index in [1.54, 1.807) is 16.8 Å². The van der Waals surface area contributed by atoms with Crippen LogP contribution in [0.2, 0.25) is 5.02 Å². The normalized spacial score (nSPS) is 11.0. The Hall–Kier alpha value is -2.83. The van der Waals surface area contributed by atoms with Crippen LogP contribution in [0.25, 0.3) is 11.3 Å². The van der Waals surface area contributed by atoms with E-state index in [2.05, 4.69) is 29.2 Å². The van der Waals surface area contributed by atoms with Crippen molar-refractivity contribution < 1.29 is 14.3 Å². The summed E-state index contributed by atoms with van der Waals surface area (Å²) in [5, 5.41) is 5.27. The summed E-state index contributed by atoms with van der Waals surface area (Å²) in [5.74, 6) is 0.884. The molecule has 0 atom stereocenters. The average molecular weight is 428 g/mol. The number of hydrogen-bond acceptors (Lipinski definition) is 5. The van der Waals surface area contributed by atoms with Gasteiger partial charge >= 0.3 is 5.97 Å². The van der Waals surface area contributed by atoms with Gasteiger partial charge in [0.1, 0.15) is 12.4 Å². The second-order valence-electron chi connectivity index (χ2n) is 7.14. The number of carbonyl (C=O) groups is 1. The molecule has 158 valence electrons. The molecule has 3 aromatic rings. The molecule has 7 heteroatoms. The van der Waals surface area contributed by atoms with Crippen molar-refractivity contribution >= 4 is 17.6 Å². The van der Waals surface area contributed by atoms with Crippen LogP contribution in [0, 0.1) is 0 Å². The topological polar surface area (TPSA) is 56.6 Å². The van der Waals surface area contributed by atoms with Crippen LogP contribution in [0.1, 0.15) is 12.5 Å². The Balaban J connectivity index is 1.48. The zero-order chi connectivity index (χ0) is 21.5. The van der Waals surface area contributed by atoms with Crippen LogP contribution in [0.4, 0.5) is 0 Å². The number of halogens is 1. The molecule has 30 heavy (non-hydrogen) atoms. The smallest absolute Gasteiger partial charge is 0.308 e. The molecule has 1 aromatic heterocycles. The molecule has 2 aromatic carbocycles. The Bertz CT molecular complexity index is 968. The summed E-state index contributed by atoms with van der Waals surface area (Å²) in [6, 6.07) is 17.1. The van der Waals surface area contributed by atoms with Crippen molar-refractivity contribution in [1.82, 2.24) is 14.7 Å². The number of aromatic nitrogens is 2. The third-order valence-electron chi connectivity index (χ3n) is 4.67. The zero-order valence-corrected chi connectivity index (χ0v) is 18.2. The van der Waals surface area contributed by atoms with Gasteiger partial charge < -0.3 is 14.4 Å². The highest BCUT2D eigenvalue weighted by Crippen LogP contribution is 2.25. The molecule has 0 aliphatic heterocycles. The predicted octanol–water partition coefficient (Wildman–Crippen LogP) is 4.22. The Morgan fingerprint density at radius 3 is 2.47 bits per heavy atom. The SMILES string of the molecule is CC(=O)Oc1ccc(-c2cc(OCCN(C)CCc3ccc(Cl)cc3)n(C)n2)cc1. The first-order valence-electron chi connectivity index (χ1n) is 9.79. The van der Waals surface area contributed by atoms with Crippen molar-refractivity contribution in [2.75, 3.05) is 26.7 Å². The molecular formula is C23H26ClN3O3. The lowest BCUT2D eigenvalue weighted by molar-refractivity contribution is -0.131. The number of carbonyl (C=O) groups excluding carboxylic acids is 1. The summed E-state index contributed by atoms with van der Waals surface area (Å²) >= 11 is 5.93. The minimum atomic E-state index is -0.339. The van der Waals surface area contributed by atoms with E-state index in [4.69, 9.17) is 21.1 Å². The Kier molecular flexibility index (Phi) is 7.49. The number of aryl methyl sites for hydroxylation is 1. The second kappa shape index (κ2) is 10.3. The number of benzene rings is 2.